The molecule has 10 rings (SSSR count). The summed E-state index contributed by atoms with van der Waals surface area (Å²) in [6.45, 7) is 23.4. The predicted molar refractivity (Wildman–Crippen MR) is 336 cm³/mol. The van der Waals surface area contributed by atoms with Crippen molar-refractivity contribution in [2.75, 3.05) is 7.11 Å². The van der Waals surface area contributed by atoms with Gasteiger partial charge in [0.2, 0.25) is 5.78 Å². The molecule has 6 heterocycles. The Kier molecular flexibility index (Phi) is 22.2. The summed E-state index contributed by atoms with van der Waals surface area (Å²) in [5.41, 5.74) is 3.67. The van der Waals surface area contributed by atoms with E-state index in [1.807, 2.05) is 46.8 Å². The van der Waals surface area contributed by atoms with Gasteiger partial charge in [0.05, 0.1) is 86.2 Å². The fourth-order valence-electron chi connectivity index (χ4n) is 17.0. The molecule has 94 heavy (non-hydrogen) atoms. The number of fused-ring (bicyclic) bond motifs is 4. The fourth-order valence-corrected chi connectivity index (χ4v) is 17.0. The number of carbonyl (C=O) groups is 5. The van der Waals surface area contributed by atoms with Gasteiger partial charge in [-0.1, -0.05) is 62.8 Å². The number of aliphatic hydroxyl groups excluding tert-OH is 4. The third-order valence-corrected chi connectivity index (χ3v) is 21.7. The lowest BCUT2D eigenvalue weighted by molar-refractivity contribution is -0.331. The van der Waals surface area contributed by atoms with E-state index in [9.17, 15) is 39.6 Å². The molecule has 24 nitrogen and oxygen atoms in total. The van der Waals surface area contributed by atoms with Crippen LogP contribution in [0.25, 0.3) is 0 Å². The Balaban J connectivity index is 0.911. The van der Waals surface area contributed by atoms with Crippen molar-refractivity contribution >= 4 is 29.6 Å². The number of Topliss-reactive ketones (excluding diaryl/α,β-unsaturated/α-hetero) is 1. The van der Waals surface area contributed by atoms with E-state index in [4.69, 9.17) is 67.3 Å². The number of amides is 1. The van der Waals surface area contributed by atoms with Crippen LogP contribution in [-0.2, 0) is 80.8 Å². The number of rotatable bonds is 14. The molecular formula is C70H102N2O22. The monoisotopic (exact) mass is 1320 g/mol. The summed E-state index contributed by atoms with van der Waals surface area (Å²) in [5.74, 6) is -6.08. The molecule has 0 unspecified atom stereocenters. The molecule has 0 aromatic heterocycles. The van der Waals surface area contributed by atoms with Crippen LogP contribution in [0.15, 0.2) is 70.6 Å². The molecule has 7 fully saturated rings. The number of ether oxygens (including phenoxy) is 13. The summed E-state index contributed by atoms with van der Waals surface area (Å²) in [4.78, 5) is 68.2. The number of ketones is 2. The maximum absolute atomic E-state index is 15.8. The number of hydrogen-bond acceptors (Lipinski definition) is 23. The van der Waals surface area contributed by atoms with E-state index in [1.54, 1.807) is 33.8 Å². The summed E-state index contributed by atoms with van der Waals surface area (Å²) in [7, 11) is 1.27. The van der Waals surface area contributed by atoms with E-state index >= 15 is 4.79 Å². The molecule has 1 amide bonds. The zero-order valence-corrected chi connectivity index (χ0v) is 56.8. The smallest absolute Gasteiger partial charge is 0.407 e. The fraction of sp³-hybridized carbons (Fsp3) is 0.757. The maximum Gasteiger partial charge on any atom is 0.407 e. The van der Waals surface area contributed by atoms with Crippen LogP contribution in [0.2, 0.25) is 0 Å². The van der Waals surface area contributed by atoms with Gasteiger partial charge in [-0.2, -0.15) is 0 Å². The Bertz CT molecular complexity index is 2980. The summed E-state index contributed by atoms with van der Waals surface area (Å²) >= 11 is 0. The van der Waals surface area contributed by atoms with Crippen LogP contribution >= 0.6 is 0 Å². The van der Waals surface area contributed by atoms with E-state index in [0.29, 0.717) is 43.3 Å². The number of carbonyl (C=O) groups excluding carboxylic acids is 5. The summed E-state index contributed by atoms with van der Waals surface area (Å²) in [6, 6.07) is -0.638. The standard InChI is InChI=1S/C70H102N2O22/c1-32-15-21-50(89-57-31-68(12,71)63(41(10)87-57)72-67(81)82-14)33(2)26-46-48(76)27-43(17-16-36(5)73)30-70(46)65(79)58(66(80)94-70)64(78)69(13)45(32)19-18-44-59(69)34(3)25-35(4)60(44)93-56-29-52(62(40(9)86-56)88-42(11)74)91-53-24-22-51(38(7)84-53)90-55-28-49(77)61(39(8)85-55)92-54-23-20-47(75)37(6)83-54/h15-19,26-27,34-35,37-41,44-57,59-63,75-78H,20-25,28-31,71H2,1-14H3,(H,72,81)/b17-16+,32-15?,33-26?,64-58?/t34-,35-,37-,38-,39-,40-,41+,44-,45-,46+,47+,48-,49+,50-,51+,52+,53-,54-,55+,56-,57-,59+,60-,61-,62-,63-,68-,69+,70-/m0/s1. The summed E-state index contributed by atoms with van der Waals surface area (Å²) < 4.78 is 82.3. The molecule has 1 spiro atoms. The molecule has 1 saturated carbocycles. The molecule has 7 N–H and O–H groups in total. The first-order valence-electron chi connectivity index (χ1n) is 33.9. The van der Waals surface area contributed by atoms with Crippen LogP contribution in [0.3, 0.4) is 0 Å². The lowest BCUT2D eigenvalue weighted by atomic mass is 9.49. The van der Waals surface area contributed by atoms with Gasteiger partial charge in [-0.3, -0.25) is 14.4 Å². The van der Waals surface area contributed by atoms with E-state index < -0.39 is 198 Å². The van der Waals surface area contributed by atoms with Crippen LogP contribution in [0.4, 0.5) is 4.79 Å². The largest absolute Gasteiger partial charge is 0.511 e. The minimum atomic E-state index is -2.07. The quantitative estimate of drug-likeness (QED) is 0.0335. The molecule has 24 heteroatoms. The summed E-state index contributed by atoms with van der Waals surface area (Å²) in [5, 5.41) is 49.8. The number of methoxy groups -OCH3 is 1. The van der Waals surface area contributed by atoms with Gasteiger partial charge in [0.15, 0.2) is 48.9 Å². The zero-order valence-electron chi connectivity index (χ0n) is 56.8. The Labute approximate surface area is 551 Å². The predicted octanol–water partition coefficient (Wildman–Crippen LogP) is 6.99. The minimum absolute atomic E-state index is 0.0933. The molecular weight excluding hydrogens is 1220 g/mol. The second kappa shape index (κ2) is 29.0. The lowest BCUT2D eigenvalue weighted by Crippen LogP contribution is -2.66. The number of nitrogens with two attached hydrogens (primary N) is 1. The van der Waals surface area contributed by atoms with E-state index in [2.05, 4.69) is 25.2 Å². The van der Waals surface area contributed by atoms with Crippen molar-refractivity contribution in [2.45, 2.75) is 288 Å². The average molecular weight is 1320 g/mol. The Morgan fingerprint density at radius 3 is 1.99 bits per heavy atom. The molecule has 10 aliphatic rings. The first kappa shape index (κ1) is 72.0. The third-order valence-electron chi connectivity index (χ3n) is 21.7. The van der Waals surface area contributed by atoms with Gasteiger partial charge in [0.1, 0.15) is 23.5 Å². The van der Waals surface area contributed by atoms with E-state index in [-0.39, 0.29) is 49.7 Å². The van der Waals surface area contributed by atoms with Gasteiger partial charge in [-0.15, -0.1) is 0 Å². The van der Waals surface area contributed by atoms with Crippen molar-refractivity contribution in [1.29, 1.82) is 0 Å². The number of alkyl carbamates (subject to hydrolysis) is 1. The second-order valence-corrected chi connectivity index (χ2v) is 28.9. The van der Waals surface area contributed by atoms with Gasteiger partial charge >= 0.3 is 18.0 Å². The van der Waals surface area contributed by atoms with Crippen molar-refractivity contribution in [3.05, 3.63) is 70.6 Å². The Morgan fingerprint density at radius 2 is 1.33 bits per heavy atom. The van der Waals surface area contributed by atoms with Gasteiger partial charge in [0, 0.05) is 68.2 Å². The Morgan fingerprint density at radius 1 is 0.691 bits per heavy atom. The van der Waals surface area contributed by atoms with Crippen LogP contribution in [0, 0.1) is 40.9 Å². The van der Waals surface area contributed by atoms with E-state index in [0.717, 1.165) is 5.57 Å². The highest BCUT2D eigenvalue weighted by Crippen LogP contribution is 2.61. The van der Waals surface area contributed by atoms with E-state index in [1.165, 1.54) is 39.2 Å². The second-order valence-electron chi connectivity index (χ2n) is 28.9. The normalized spacial score (nSPS) is 46.0. The van der Waals surface area contributed by atoms with Gasteiger partial charge < -0.3 is 93.1 Å². The molecule has 6 saturated heterocycles. The topological polar surface area (TPSA) is 324 Å². The zero-order chi connectivity index (χ0) is 68.2. The first-order valence-corrected chi connectivity index (χ1v) is 33.9. The van der Waals surface area contributed by atoms with Crippen molar-refractivity contribution in [1.82, 2.24) is 5.32 Å². The third kappa shape index (κ3) is 14.8. The SMILES string of the molecule is COC(=O)N[C@H]1[C@@H](C)O[C@@H](O[C@H]2CC=C(C)[C@@H]3C=C[C@@H]4[C@@H](O[C@H]5C[C@@H](O[C@H]6CC[C@@H](O[C@@H]7C[C@@H](O)[C@@H](O[C@H]8CC[C@@H](O)[C@H](C)O8)[C@H](C)O7)[C@H](C)O6)[C@@H](OC(C)=O)[C@H](C)O5)[C@@H](C)C[C@H](C)[C@H]4[C@]3(C)C(O)=C3C(=O)O[C@]4(CC(/C=C/C(C)=O)=C[C@H](O)[C@H]4C=C2C)C3=O)C[C@]1(C)N. The van der Waals surface area contributed by atoms with Crippen molar-refractivity contribution in [3.8, 4) is 0 Å². The molecule has 29 atom stereocenters. The van der Waals surface area contributed by atoms with Crippen LogP contribution in [0.5, 0.6) is 0 Å². The Hall–Kier alpha value is -4.77. The highest BCUT2D eigenvalue weighted by molar-refractivity contribution is 6.26. The number of aliphatic hydroxyl groups is 4. The van der Waals surface area contributed by atoms with Gasteiger partial charge in [0.25, 0.3) is 0 Å². The number of hydrogen-bond donors (Lipinski definition) is 6. The molecule has 0 aromatic rings. The molecule has 524 valence electrons. The van der Waals surface area contributed by atoms with Crippen molar-refractivity contribution in [3.63, 3.8) is 0 Å². The molecule has 0 aromatic carbocycles. The van der Waals surface area contributed by atoms with Crippen LogP contribution in [0.1, 0.15) is 154 Å². The molecule has 4 aliphatic carbocycles. The summed E-state index contributed by atoms with van der Waals surface area (Å²) in [6.07, 6.45) is 1.12. The van der Waals surface area contributed by atoms with Crippen molar-refractivity contribution in [2.24, 2.45) is 46.7 Å². The first-order chi connectivity index (χ1) is 44.3. The number of esters is 2. The van der Waals surface area contributed by atoms with Crippen molar-refractivity contribution < 1.29 is 106 Å². The molecule has 6 aliphatic heterocycles. The van der Waals surface area contributed by atoms with Gasteiger partial charge in [-0.25, -0.2) is 9.59 Å². The molecule has 2 bridgehead atoms. The molecule has 0 radical (unpaired) electrons. The van der Waals surface area contributed by atoms with Gasteiger partial charge in [-0.05, 0) is 123 Å². The maximum atomic E-state index is 15.8. The van der Waals surface area contributed by atoms with Crippen LogP contribution < -0.4 is 11.1 Å². The minimum Gasteiger partial charge on any atom is -0.511 e. The average Bonchev–Trinajstić information content (AvgIpc) is 1.31. The number of nitrogens with one attached hydrogen (secondary N) is 1. The highest BCUT2D eigenvalue weighted by Gasteiger charge is 2.65. The highest BCUT2D eigenvalue weighted by atomic mass is 16.8. The van der Waals surface area contributed by atoms with Crippen LogP contribution in [-0.4, -0.2) is 191 Å². The lowest BCUT2D eigenvalue weighted by Gasteiger charge is -2.56. The number of allylic oxidation sites excluding steroid dienone is 5.